The lowest BCUT2D eigenvalue weighted by atomic mass is 9.98. The van der Waals surface area contributed by atoms with Gasteiger partial charge < -0.3 is 14.2 Å². The molecule has 0 aliphatic rings. The molecular formula is C32H34N6O3. The van der Waals surface area contributed by atoms with Crippen molar-refractivity contribution in [2.75, 3.05) is 0 Å². The first-order valence-corrected chi connectivity index (χ1v) is 13.5. The Bertz CT molecular complexity index is 2060. The smallest absolute Gasteiger partial charge is 0.278 e. The number of para-hydroxylation sites is 2. The van der Waals surface area contributed by atoms with Crippen LogP contribution in [0.15, 0.2) is 70.5 Å². The second kappa shape index (κ2) is 10.6. The van der Waals surface area contributed by atoms with Crippen LogP contribution in [0.2, 0.25) is 0 Å². The molecule has 0 unspecified atom stereocenters. The van der Waals surface area contributed by atoms with E-state index in [1.807, 2.05) is 74.4 Å². The van der Waals surface area contributed by atoms with Gasteiger partial charge in [0.2, 0.25) is 0 Å². The maximum absolute atomic E-state index is 12.6. The summed E-state index contributed by atoms with van der Waals surface area (Å²) < 4.78 is 6.70. The van der Waals surface area contributed by atoms with E-state index in [0.29, 0.717) is 11.3 Å². The number of aryl methyl sites for hydroxylation is 6. The molecule has 9 nitrogen and oxygen atoms in total. The number of aromatic hydroxyl groups is 1. The average molecular weight is 551 g/mol. The van der Waals surface area contributed by atoms with Crippen molar-refractivity contribution in [3.8, 4) is 28.0 Å². The Morgan fingerprint density at radius 1 is 0.683 bits per heavy atom. The molecule has 9 heteroatoms. The highest BCUT2D eigenvalue weighted by Gasteiger charge is 2.20. The zero-order valence-corrected chi connectivity index (χ0v) is 24.4. The largest absolute Gasteiger partial charge is 0.505 e. The minimum Gasteiger partial charge on any atom is -0.505 e. The van der Waals surface area contributed by atoms with E-state index in [-0.39, 0.29) is 16.9 Å². The molecule has 0 aliphatic carbocycles. The Morgan fingerprint density at radius 3 is 1.63 bits per heavy atom. The van der Waals surface area contributed by atoms with Gasteiger partial charge in [-0.2, -0.15) is 10.2 Å². The molecule has 0 saturated heterocycles. The van der Waals surface area contributed by atoms with E-state index in [2.05, 4.69) is 33.8 Å². The highest BCUT2D eigenvalue weighted by molar-refractivity contribution is 5.98. The third-order valence-corrected chi connectivity index (χ3v) is 7.62. The third-order valence-electron chi connectivity index (χ3n) is 7.62. The fraction of sp³-hybridized carbons (Fsp3) is 0.250. The number of benzene rings is 2. The van der Waals surface area contributed by atoms with Gasteiger partial charge in [-0.3, -0.25) is 9.59 Å². The van der Waals surface area contributed by atoms with E-state index in [1.54, 1.807) is 21.0 Å². The molecule has 0 saturated carbocycles. The van der Waals surface area contributed by atoms with Gasteiger partial charge in [0, 0.05) is 73.5 Å². The van der Waals surface area contributed by atoms with Gasteiger partial charge >= 0.3 is 0 Å². The first-order chi connectivity index (χ1) is 19.5. The van der Waals surface area contributed by atoms with Crippen LogP contribution < -0.4 is 11.1 Å². The topological polar surface area (TPSA) is 99.9 Å². The molecule has 0 aliphatic heterocycles. The second-order valence-electron chi connectivity index (χ2n) is 10.3. The summed E-state index contributed by atoms with van der Waals surface area (Å²) in [6.07, 6.45) is 4.70. The molecule has 0 bridgehead atoms. The Hall–Kier alpha value is -4.92. The van der Waals surface area contributed by atoms with Crippen molar-refractivity contribution >= 4 is 21.8 Å². The summed E-state index contributed by atoms with van der Waals surface area (Å²) in [6, 6.07) is 16.0. The van der Waals surface area contributed by atoms with Gasteiger partial charge in [0.25, 0.3) is 11.1 Å². The summed E-state index contributed by atoms with van der Waals surface area (Å²) in [7, 11) is 7.23. The van der Waals surface area contributed by atoms with E-state index in [0.717, 1.165) is 56.2 Å². The minimum atomic E-state index is -0.301. The summed E-state index contributed by atoms with van der Waals surface area (Å²) in [5.74, 6) is -0.0514. The number of fused-ring (bicyclic) bond motifs is 2. The fourth-order valence-electron chi connectivity index (χ4n) is 5.60. The van der Waals surface area contributed by atoms with Gasteiger partial charge in [0.1, 0.15) is 5.69 Å². The second-order valence-corrected chi connectivity index (χ2v) is 10.3. The molecule has 0 amide bonds. The van der Waals surface area contributed by atoms with Gasteiger partial charge in [-0.05, 0) is 38.0 Å². The normalized spacial score (nSPS) is 11.2. The van der Waals surface area contributed by atoms with Crippen molar-refractivity contribution in [3.63, 3.8) is 0 Å². The zero-order valence-electron chi connectivity index (χ0n) is 24.4. The van der Waals surface area contributed by atoms with Crippen LogP contribution in [0.5, 0.6) is 5.75 Å². The molecule has 0 fully saturated rings. The van der Waals surface area contributed by atoms with Gasteiger partial charge in [0.05, 0.1) is 16.8 Å². The van der Waals surface area contributed by atoms with Crippen LogP contribution in [-0.4, -0.2) is 33.8 Å². The molecule has 6 aromatic rings. The summed E-state index contributed by atoms with van der Waals surface area (Å²) >= 11 is 0. The van der Waals surface area contributed by atoms with Crippen molar-refractivity contribution < 1.29 is 5.11 Å². The maximum Gasteiger partial charge on any atom is 0.278 e. The van der Waals surface area contributed by atoms with E-state index in [9.17, 15) is 14.7 Å². The molecular weight excluding hydrogens is 516 g/mol. The minimum absolute atomic E-state index is 0.0335. The first-order valence-electron chi connectivity index (χ1n) is 13.5. The molecule has 2 aromatic carbocycles. The molecule has 41 heavy (non-hydrogen) atoms. The number of hydrogen-bond donors (Lipinski definition) is 1. The zero-order chi connectivity index (χ0) is 29.6. The summed E-state index contributed by atoms with van der Waals surface area (Å²) in [5, 5.41) is 20.6. The van der Waals surface area contributed by atoms with Gasteiger partial charge in [0.15, 0.2) is 5.75 Å². The van der Waals surface area contributed by atoms with Crippen LogP contribution >= 0.6 is 0 Å². The van der Waals surface area contributed by atoms with E-state index < -0.39 is 0 Å². The Balaban J connectivity index is 0.000000165. The van der Waals surface area contributed by atoms with Crippen molar-refractivity contribution in [2.45, 2.75) is 27.2 Å². The Kier molecular flexibility index (Phi) is 7.13. The predicted octanol–water partition coefficient (Wildman–Crippen LogP) is 4.76. The molecule has 0 spiro atoms. The summed E-state index contributed by atoms with van der Waals surface area (Å²) in [5.41, 5.74) is 7.01. The SMILES string of the molecule is CCc1c(C)nn(C)c(=O)c1-c1cn(C)c2ccccc12.Cc1nn(C)c(=O)c(-c2cn(C)c3ccccc23)c1O. The predicted molar refractivity (Wildman–Crippen MR) is 163 cm³/mol. The van der Waals surface area contributed by atoms with E-state index in [1.165, 1.54) is 9.36 Å². The quantitative estimate of drug-likeness (QED) is 0.342. The summed E-state index contributed by atoms with van der Waals surface area (Å²) in [6.45, 7) is 5.72. The maximum atomic E-state index is 12.6. The van der Waals surface area contributed by atoms with Crippen molar-refractivity contribution in [1.82, 2.24) is 28.7 Å². The molecule has 1 N–H and O–H groups in total. The van der Waals surface area contributed by atoms with Crippen molar-refractivity contribution in [1.29, 1.82) is 0 Å². The van der Waals surface area contributed by atoms with Crippen LogP contribution in [0.1, 0.15) is 23.9 Å². The van der Waals surface area contributed by atoms with Crippen LogP contribution in [-0.2, 0) is 34.6 Å². The van der Waals surface area contributed by atoms with E-state index in [4.69, 9.17) is 0 Å². The monoisotopic (exact) mass is 550 g/mol. The fourth-order valence-corrected chi connectivity index (χ4v) is 5.60. The van der Waals surface area contributed by atoms with Crippen molar-refractivity contribution in [3.05, 3.63) is 98.6 Å². The molecule has 4 aromatic heterocycles. The number of rotatable bonds is 3. The van der Waals surface area contributed by atoms with Gasteiger partial charge in [-0.1, -0.05) is 43.3 Å². The van der Waals surface area contributed by atoms with Gasteiger partial charge in [-0.15, -0.1) is 0 Å². The number of aromatic nitrogens is 6. The first kappa shape index (κ1) is 27.6. The standard InChI is InChI=1S/C17H19N3O.C15H15N3O2/c1-5-12-11(2)18-20(4)17(21)16(12)14-10-19(3)15-9-7-6-8-13(14)15;1-9-14(19)13(15(20)18(3)16-9)11-8-17(2)12-7-5-4-6-10(11)12/h6-10H,5H2,1-4H3;4-8,19H,1-3H3. The van der Waals surface area contributed by atoms with Crippen molar-refractivity contribution in [2.24, 2.45) is 28.2 Å². The molecule has 210 valence electrons. The highest BCUT2D eigenvalue weighted by atomic mass is 16.3. The highest BCUT2D eigenvalue weighted by Crippen LogP contribution is 2.34. The number of nitrogens with zero attached hydrogens (tertiary/aromatic N) is 6. The molecule has 4 heterocycles. The lowest BCUT2D eigenvalue weighted by Crippen LogP contribution is -2.24. The Labute approximate surface area is 237 Å². The van der Waals surface area contributed by atoms with Crippen LogP contribution in [0.4, 0.5) is 0 Å². The van der Waals surface area contributed by atoms with Crippen LogP contribution in [0, 0.1) is 13.8 Å². The van der Waals surface area contributed by atoms with Crippen LogP contribution in [0.25, 0.3) is 44.1 Å². The molecule has 6 rings (SSSR count). The van der Waals surface area contributed by atoms with Gasteiger partial charge in [-0.25, -0.2) is 9.36 Å². The lowest BCUT2D eigenvalue weighted by Gasteiger charge is -2.11. The molecule has 0 radical (unpaired) electrons. The van der Waals surface area contributed by atoms with Crippen LogP contribution in [0.3, 0.4) is 0 Å². The third kappa shape index (κ3) is 4.63. The summed E-state index contributed by atoms with van der Waals surface area (Å²) in [4.78, 5) is 25.0. The average Bonchev–Trinajstić information content (AvgIpc) is 3.46. The Morgan fingerprint density at radius 2 is 1.12 bits per heavy atom. The molecule has 0 atom stereocenters. The van der Waals surface area contributed by atoms with E-state index >= 15 is 0 Å². The number of hydrogen-bond acceptors (Lipinski definition) is 5. The lowest BCUT2D eigenvalue weighted by molar-refractivity contribution is 0.460.